The first-order valence-electron chi connectivity index (χ1n) is 5.88. The molecule has 1 atom stereocenters. The van der Waals surface area contributed by atoms with Gasteiger partial charge in [-0.1, -0.05) is 25.4 Å². The summed E-state index contributed by atoms with van der Waals surface area (Å²) in [7, 11) is 0. The van der Waals surface area contributed by atoms with Crippen LogP contribution in [0.1, 0.15) is 37.2 Å². The van der Waals surface area contributed by atoms with E-state index in [1.807, 2.05) is 6.92 Å². The summed E-state index contributed by atoms with van der Waals surface area (Å²) in [4.78, 5) is 22.8. The molecule has 0 aliphatic heterocycles. The van der Waals surface area contributed by atoms with Gasteiger partial charge in [0.05, 0.1) is 5.02 Å². The van der Waals surface area contributed by atoms with E-state index in [1.54, 1.807) is 23.8 Å². The van der Waals surface area contributed by atoms with Gasteiger partial charge in [0.25, 0.3) is 5.91 Å². The second kappa shape index (κ2) is 6.44. The normalized spacial score (nSPS) is 12.2. The van der Waals surface area contributed by atoms with E-state index in [2.05, 4.69) is 5.32 Å². The monoisotopic (exact) mass is 272 g/mol. The van der Waals surface area contributed by atoms with Crippen molar-refractivity contribution < 1.29 is 14.7 Å². The third-order valence-corrected chi connectivity index (χ3v) is 2.78. The molecule has 1 heterocycles. The van der Waals surface area contributed by atoms with Crippen molar-refractivity contribution in [2.45, 2.75) is 39.3 Å². The zero-order valence-electron chi connectivity index (χ0n) is 10.4. The summed E-state index contributed by atoms with van der Waals surface area (Å²) >= 11 is 5.86. The second-order valence-electron chi connectivity index (χ2n) is 4.01. The van der Waals surface area contributed by atoms with Crippen LogP contribution in [0.15, 0.2) is 12.3 Å². The van der Waals surface area contributed by atoms with E-state index in [4.69, 9.17) is 16.7 Å². The Kier molecular flexibility index (Phi) is 5.22. The highest BCUT2D eigenvalue weighted by molar-refractivity contribution is 6.31. The summed E-state index contributed by atoms with van der Waals surface area (Å²) in [5.41, 5.74) is 0.390. The number of hydrogen-bond acceptors (Lipinski definition) is 2. The molecule has 1 amide bonds. The quantitative estimate of drug-likeness (QED) is 0.833. The van der Waals surface area contributed by atoms with Gasteiger partial charge in [0.2, 0.25) is 0 Å². The zero-order valence-corrected chi connectivity index (χ0v) is 11.2. The number of rotatable bonds is 6. The molecule has 0 aliphatic rings. The molecule has 1 unspecified atom stereocenters. The lowest BCUT2D eigenvalue weighted by molar-refractivity contribution is -0.139. The molecule has 0 aromatic carbocycles. The van der Waals surface area contributed by atoms with Crippen LogP contribution in [0.4, 0.5) is 0 Å². The molecule has 0 spiro atoms. The number of nitrogens with zero attached hydrogens (tertiary/aromatic N) is 1. The lowest BCUT2D eigenvalue weighted by Crippen LogP contribution is -2.40. The predicted molar refractivity (Wildman–Crippen MR) is 68.9 cm³/mol. The number of aliphatic carboxylic acids is 1. The fourth-order valence-corrected chi connectivity index (χ4v) is 1.88. The van der Waals surface area contributed by atoms with Crippen molar-refractivity contribution in [3.8, 4) is 0 Å². The second-order valence-corrected chi connectivity index (χ2v) is 4.45. The molecular formula is C12H17ClN2O3. The molecule has 5 nitrogen and oxygen atoms in total. The molecule has 0 saturated heterocycles. The molecule has 18 heavy (non-hydrogen) atoms. The average Bonchev–Trinajstić information content (AvgIpc) is 2.67. The minimum absolute atomic E-state index is 0.337. The van der Waals surface area contributed by atoms with Crippen LogP contribution in [0.3, 0.4) is 0 Å². The molecule has 1 rings (SSSR count). The lowest BCUT2D eigenvalue weighted by atomic mass is 10.2. The number of aromatic nitrogens is 1. The number of halogens is 1. The Hall–Kier alpha value is -1.49. The summed E-state index contributed by atoms with van der Waals surface area (Å²) in [6, 6.07) is 0.669. The van der Waals surface area contributed by atoms with Crippen LogP contribution in [0.25, 0.3) is 0 Å². The van der Waals surface area contributed by atoms with Gasteiger partial charge < -0.3 is 15.0 Å². The Bertz CT molecular complexity index is 443. The first kappa shape index (κ1) is 14.6. The molecule has 0 aliphatic carbocycles. The van der Waals surface area contributed by atoms with Crippen LogP contribution in [0.2, 0.25) is 5.02 Å². The molecular weight excluding hydrogens is 256 g/mol. The molecule has 1 aromatic rings. The zero-order chi connectivity index (χ0) is 13.7. The van der Waals surface area contributed by atoms with Crippen LogP contribution in [-0.4, -0.2) is 27.6 Å². The molecule has 0 bridgehead atoms. The van der Waals surface area contributed by atoms with Gasteiger partial charge in [0.1, 0.15) is 11.7 Å². The maximum atomic E-state index is 12.0. The van der Waals surface area contributed by atoms with E-state index in [1.165, 1.54) is 0 Å². The largest absolute Gasteiger partial charge is 0.480 e. The van der Waals surface area contributed by atoms with Crippen molar-refractivity contribution in [2.24, 2.45) is 0 Å². The van der Waals surface area contributed by atoms with Gasteiger partial charge in [0.15, 0.2) is 0 Å². The Balaban J connectivity index is 2.86. The topological polar surface area (TPSA) is 71.3 Å². The number of amides is 1. The van der Waals surface area contributed by atoms with Gasteiger partial charge in [-0.3, -0.25) is 4.79 Å². The lowest BCUT2D eigenvalue weighted by Gasteiger charge is -2.13. The molecule has 6 heteroatoms. The summed E-state index contributed by atoms with van der Waals surface area (Å²) in [5.74, 6) is -1.45. The van der Waals surface area contributed by atoms with Gasteiger partial charge in [-0.25, -0.2) is 4.79 Å². The number of carboxylic acid groups (broad SMARTS) is 1. The molecule has 2 N–H and O–H groups in total. The van der Waals surface area contributed by atoms with Gasteiger partial charge in [0, 0.05) is 12.7 Å². The van der Waals surface area contributed by atoms with Crippen LogP contribution >= 0.6 is 11.6 Å². The van der Waals surface area contributed by atoms with Crippen molar-refractivity contribution >= 4 is 23.5 Å². The van der Waals surface area contributed by atoms with Crippen LogP contribution in [-0.2, 0) is 11.3 Å². The summed E-state index contributed by atoms with van der Waals surface area (Å²) in [6.45, 7) is 4.36. The first-order valence-corrected chi connectivity index (χ1v) is 6.26. The molecule has 0 radical (unpaired) electrons. The number of carbonyl (C=O) groups is 2. The highest BCUT2D eigenvalue weighted by atomic mass is 35.5. The van der Waals surface area contributed by atoms with E-state index < -0.39 is 17.9 Å². The smallest absolute Gasteiger partial charge is 0.326 e. The van der Waals surface area contributed by atoms with Gasteiger partial charge in [-0.05, 0) is 18.9 Å². The fourth-order valence-electron chi connectivity index (χ4n) is 1.66. The number of hydrogen-bond donors (Lipinski definition) is 2. The highest BCUT2D eigenvalue weighted by Crippen LogP contribution is 2.15. The van der Waals surface area contributed by atoms with E-state index in [9.17, 15) is 9.59 Å². The van der Waals surface area contributed by atoms with Gasteiger partial charge in [-0.15, -0.1) is 0 Å². The number of carboxylic acids is 1. The van der Waals surface area contributed by atoms with Crippen molar-refractivity contribution in [3.05, 3.63) is 23.0 Å². The van der Waals surface area contributed by atoms with Crippen molar-refractivity contribution in [3.63, 3.8) is 0 Å². The van der Waals surface area contributed by atoms with Gasteiger partial charge in [-0.2, -0.15) is 0 Å². The number of carbonyl (C=O) groups excluding carboxylic acids is 1. The van der Waals surface area contributed by atoms with Crippen LogP contribution < -0.4 is 5.32 Å². The summed E-state index contributed by atoms with van der Waals surface area (Å²) in [6.07, 6.45) is 2.87. The average molecular weight is 273 g/mol. The molecule has 100 valence electrons. The Labute approximate surface area is 111 Å². The number of nitrogens with one attached hydrogen (secondary N) is 1. The molecule has 0 fully saturated rings. The fraction of sp³-hybridized carbons (Fsp3) is 0.500. The standard InChI is InChI=1S/C12H17ClN2O3/c1-3-5-15-7-8(13)6-10(15)11(16)14-9(4-2)12(17)18/h6-7,9H,3-5H2,1-2H3,(H,14,16)(H,17,18). The van der Waals surface area contributed by atoms with Gasteiger partial charge >= 0.3 is 5.97 Å². The Morgan fingerprint density at radius 2 is 2.17 bits per heavy atom. The van der Waals surface area contributed by atoms with Crippen molar-refractivity contribution in [2.75, 3.05) is 0 Å². The minimum atomic E-state index is -1.04. The van der Waals surface area contributed by atoms with Crippen molar-refractivity contribution in [1.29, 1.82) is 0 Å². The summed E-state index contributed by atoms with van der Waals surface area (Å²) < 4.78 is 1.73. The van der Waals surface area contributed by atoms with Crippen LogP contribution in [0, 0.1) is 0 Å². The highest BCUT2D eigenvalue weighted by Gasteiger charge is 2.20. The first-order chi connectivity index (χ1) is 8.49. The maximum absolute atomic E-state index is 12.0. The van der Waals surface area contributed by atoms with E-state index in [0.717, 1.165) is 6.42 Å². The molecule has 1 aromatic heterocycles. The Morgan fingerprint density at radius 3 is 2.67 bits per heavy atom. The predicted octanol–water partition coefficient (Wildman–Crippen LogP) is 2.14. The SMILES string of the molecule is CCCn1cc(Cl)cc1C(=O)NC(CC)C(=O)O. The third kappa shape index (κ3) is 3.50. The van der Waals surface area contributed by atoms with E-state index in [-0.39, 0.29) is 0 Å². The Morgan fingerprint density at radius 1 is 1.50 bits per heavy atom. The van der Waals surface area contributed by atoms with Crippen LogP contribution in [0.5, 0.6) is 0 Å². The van der Waals surface area contributed by atoms with E-state index >= 15 is 0 Å². The summed E-state index contributed by atoms with van der Waals surface area (Å²) in [5, 5.41) is 11.8. The minimum Gasteiger partial charge on any atom is -0.480 e. The van der Waals surface area contributed by atoms with E-state index in [0.29, 0.717) is 23.7 Å². The molecule has 0 saturated carbocycles. The third-order valence-electron chi connectivity index (χ3n) is 2.57. The maximum Gasteiger partial charge on any atom is 0.326 e. The van der Waals surface area contributed by atoms with Crippen molar-refractivity contribution in [1.82, 2.24) is 9.88 Å². The number of aryl methyl sites for hydroxylation is 1.